The molecule has 8 nitrogen and oxygen atoms in total. The Morgan fingerprint density at radius 3 is 2.06 bits per heavy atom. The number of para-hydroxylation sites is 1. The summed E-state index contributed by atoms with van der Waals surface area (Å²) in [6, 6.07) is 21.5. The lowest BCUT2D eigenvalue weighted by molar-refractivity contribution is -0.120. The number of carbonyl (C=O) groups excluding carboxylic acids is 4. The Bertz CT molecular complexity index is 1340. The van der Waals surface area contributed by atoms with Crippen LogP contribution in [0.3, 0.4) is 0 Å². The van der Waals surface area contributed by atoms with Gasteiger partial charge in [0.05, 0.1) is 18.4 Å². The maximum absolute atomic E-state index is 13.0. The van der Waals surface area contributed by atoms with Gasteiger partial charge in [0, 0.05) is 24.0 Å². The Morgan fingerprint density at radius 1 is 0.857 bits per heavy atom. The van der Waals surface area contributed by atoms with Crippen LogP contribution in [0.15, 0.2) is 89.6 Å². The zero-order chi connectivity index (χ0) is 25.1. The predicted octanol–water partition coefficient (Wildman–Crippen LogP) is 4.19. The Morgan fingerprint density at radius 2 is 1.46 bits per heavy atom. The van der Waals surface area contributed by atoms with Gasteiger partial charge in [-0.1, -0.05) is 29.8 Å². The van der Waals surface area contributed by atoms with E-state index in [1.165, 1.54) is 36.3 Å². The molecule has 1 aliphatic heterocycles. The molecule has 0 fully saturated rings. The van der Waals surface area contributed by atoms with Crippen molar-refractivity contribution in [3.63, 3.8) is 0 Å². The van der Waals surface area contributed by atoms with Crippen LogP contribution < -0.4 is 15.1 Å². The van der Waals surface area contributed by atoms with Crippen molar-refractivity contribution in [2.75, 3.05) is 29.3 Å². The smallest absolute Gasteiger partial charge is 0.337 e. The number of methoxy groups -OCH3 is 1. The first kappa shape index (κ1) is 23.7. The number of nitrogens with one attached hydrogen (secondary N) is 1. The molecule has 0 unspecified atom stereocenters. The van der Waals surface area contributed by atoms with Crippen molar-refractivity contribution in [1.82, 2.24) is 0 Å². The summed E-state index contributed by atoms with van der Waals surface area (Å²) in [5, 5.41) is 2.61. The molecule has 0 saturated heterocycles. The fourth-order valence-corrected chi connectivity index (χ4v) is 3.73. The van der Waals surface area contributed by atoms with E-state index < -0.39 is 17.8 Å². The van der Waals surface area contributed by atoms with Crippen molar-refractivity contribution < 1.29 is 23.9 Å². The topological polar surface area (TPSA) is 96.0 Å². The molecule has 0 aromatic heterocycles. The number of amides is 3. The van der Waals surface area contributed by atoms with Crippen molar-refractivity contribution in [3.05, 3.63) is 101 Å². The van der Waals surface area contributed by atoms with E-state index in [2.05, 4.69) is 10.1 Å². The minimum Gasteiger partial charge on any atom is -0.465 e. The molecule has 176 valence electrons. The number of esters is 1. The van der Waals surface area contributed by atoms with Crippen molar-refractivity contribution in [1.29, 1.82) is 0 Å². The van der Waals surface area contributed by atoms with Gasteiger partial charge in [-0.25, -0.2) is 9.69 Å². The first-order chi connectivity index (χ1) is 16.8. The molecule has 9 heteroatoms. The molecule has 4 rings (SSSR count). The van der Waals surface area contributed by atoms with Gasteiger partial charge >= 0.3 is 5.97 Å². The summed E-state index contributed by atoms with van der Waals surface area (Å²) in [7, 11) is 2.94. The third kappa shape index (κ3) is 4.64. The molecule has 1 heterocycles. The van der Waals surface area contributed by atoms with Gasteiger partial charge in [0.1, 0.15) is 10.7 Å². The normalized spacial score (nSPS) is 13.2. The van der Waals surface area contributed by atoms with Gasteiger partial charge in [-0.2, -0.15) is 0 Å². The molecule has 1 aliphatic rings. The van der Waals surface area contributed by atoms with Crippen LogP contribution in [0.25, 0.3) is 0 Å². The lowest BCUT2D eigenvalue weighted by Crippen LogP contribution is -2.32. The maximum Gasteiger partial charge on any atom is 0.337 e. The van der Waals surface area contributed by atoms with Crippen LogP contribution in [-0.4, -0.2) is 37.8 Å². The highest BCUT2D eigenvalue weighted by Crippen LogP contribution is 2.30. The molecule has 1 N–H and O–H groups in total. The number of imide groups is 1. The molecule has 0 aliphatic carbocycles. The minimum absolute atomic E-state index is 0.0887. The SMILES string of the molecule is COC(=O)c1ccc(N2C(=O)C(Cl)=C(Nc3ccc(C(=O)N(C)c4ccccc4)cc3)C2=O)cc1. The van der Waals surface area contributed by atoms with Gasteiger partial charge < -0.3 is 15.0 Å². The summed E-state index contributed by atoms with van der Waals surface area (Å²) in [4.78, 5) is 52.5. The zero-order valence-electron chi connectivity index (χ0n) is 18.8. The largest absolute Gasteiger partial charge is 0.465 e. The second kappa shape index (κ2) is 9.82. The fraction of sp³-hybridized carbons (Fsp3) is 0.0769. The monoisotopic (exact) mass is 489 g/mol. The van der Waals surface area contributed by atoms with E-state index in [1.54, 1.807) is 31.3 Å². The Balaban J connectivity index is 1.49. The zero-order valence-corrected chi connectivity index (χ0v) is 19.6. The van der Waals surface area contributed by atoms with E-state index in [0.717, 1.165) is 10.6 Å². The number of benzene rings is 3. The maximum atomic E-state index is 13.0. The molecule has 0 spiro atoms. The predicted molar refractivity (Wildman–Crippen MR) is 132 cm³/mol. The number of ether oxygens (including phenoxy) is 1. The third-order valence-corrected chi connectivity index (χ3v) is 5.77. The van der Waals surface area contributed by atoms with Crippen molar-refractivity contribution in [2.24, 2.45) is 0 Å². The van der Waals surface area contributed by atoms with E-state index in [-0.39, 0.29) is 27.9 Å². The lowest BCUT2D eigenvalue weighted by atomic mass is 10.1. The summed E-state index contributed by atoms with van der Waals surface area (Å²) in [6.07, 6.45) is 0. The second-order valence-corrected chi connectivity index (χ2v) is 7.95. The van der Waals surface area contributed by atoms with E-state index in [4.69, 9.17) is 11.6 Å². The Labute approximate surface area is 206 Å². The second-order valence-electron chi connectivity index (χ2n) is 7.58. The number of hydrogen-bond donors (Lipinski definition) is 1. The number of hydrogen-bond acceptors (Lipinski definition) is 6. The number of halogens is 1. The molecule has 0 atom stereocenters. The van der Waals surface area contributed by atoms with E-state index in [0.29, 0.717) is 11.3 Å². The highest BCUT2D eigenvalue weighted by molar-refractivity contribution is 6.53. The summed E-state index contributed by atoms with van der Waals surface area (Å²) in [6.45, 7) is 0. The van der Waals surface area contributed by atoms with Gasteiger partial charge in [0.2, 0.25) is 0 Å². The summed E-state index contributed by atoms with van der Waals surface area (Å²) < 4.78 is 4.65. The van der Waals surface area contributed by atoms with E-state index >= 15 is 0 Å². The average Bonchev–Trinajstić information content (AvgIpc) is 3.11. The van der Waals surface area contributed by atoms with Gasteiger partial charge in [0.25, 0.3) is 17.7 Å². The highest BCUT2D eigenvalue weighted by Gasteiger charge is 2.39. The van der Waals surface area contributed by atoms with Gasteiger partial charge in [-0.3, -0.25) is 14.4 Å². The minimum atomic E-state index is -0.693. The van der Waals surface area contributed by atoms with Gasteiger partial charge in [0.15, 0.2) is 0 Å². The number of rotatable bonds is 6. The molecule has 3 aromatic carbocycles. The molecular formula is C26H20ClN3O5. The molecule has 0 bridgehead atoms. The summed E-state index contributed by atoms with van der Waals surface area (Å²) in [5.41, 5.74) is 2.12. The Hall–Kier alpha value is -4.43. The Kier molecular flexibility index (Phi) is 6.66. The number of carbonyl (C=O) groups is 4. The van der Waals surface area contributed by atoms with Crippen LogP contribution in [-0.2, 0) is 14.3 Å². The van der Waals surface area contributed by atoms with Gasteiger partial charge in [-0.05, 0) is 60.7 Å². The standard InChI is InChI=1S/C26H20ClN3O5/c1-29(19-6-4-3-5-7-19)23(31)16-8-12-18(13-9-16)28-22-21(27)24(32)30(25(22)33)20-14-10-17(11-15-20)26(34)35-2/h3-15,28H,1-2H3. The lowest BCUT2D eigenvalue weighted by Gasteiger charge is -2.17. The quantitative estimate of drug-likeness (QED) is 0.412. The molecule has 0 saturated carbocycles. The molecular weight excluding hydrogens is 470 g/mol. The van der Waals surface area contributed by atoms with Crippen LogP contribution in [0.5, 0.6) is 0 Å². The summed E-state index contributed by atoms with van der Waals surface area (Å²) in [5.74, 6) is -2.07. The molecule has 3 amide bonds. The third-order valence-electron chi connectivity index (χ3n) is 5.42. The molecule has 0 radical (unpaired) electrons. The van der Waals surface area contributed by atoms with Crippen LogP contribution in [0.4, 0.5) is 17.1 Å². The number of anilines is 3. The van der Waals surface area contributed by atoms with Crippen LogP contribution in [0, 0.1) is 0 Å². The van der Waals surface area contributed by atoms with E-state index in [1.807, 2.05) is 30.3 Å². The van der Waals surface area contributed by atoms with Crippen molar-refractivity contribution in [2.45, 2.75) is 0 Å². The first-order valence-corrected chi connectivity index (χ1v) is 10.9. The van der Waals surface area contributed by atoms with Crippen LogP contribution in [0.1, 0.15) is 20.7 Å². The van der Waals surface area contributed by atoms with Gasteiger partial charge in [-0.15, -0.1) is 0 Å². The number of nitrogens with zero attached hydrogens (tertiary/aromatic N) is 2. The first-order valence-electron chi connectivity index (χ1n) is 10.5. The van der Waals surface area contributed by atoms with Crippen LogP contribution in [0.2, 0.25) is 0 Å². The van der Waals surface area contributed by atoms with Crippen molar-refractivity contribution in [3.8, 4) is 0 Å². The highest BCUT2D eigenvalue weighted by atomic mass is 35.5. The molecule has 3 aromatic rings. The van der Waals surface area contributed by atoms with Crippen LogP contribution >= 0.6 is 11.6 Å². The van der Waals surface area contributed by atoms with Crippen molar-refractivity contribution >= 4 is 52.4 Å². The molecule has 35 heavy (non-hydrogen) atoms. The fourth-order valence-electron chi connectivity index (χ4n) is 3.51. The average molecular weight is 490 g/mol. The van der Waals surface area contributed by atoms with E-state index in [9.17, 15) is 19.2 Å². The summed E-state index contributed by atoms with van der Waals surface area (Å²) >= 11 is 6.18.